The number of carbonyl (C=O) groups is 15. The van der Waals surface area contributed by atoms with E-state index in [4.69, 9.17) is 33.9 Å². The van der Waals surface area contributed by atoms with Gasteiger partial charge >= 0.3 is 17.9 Å². The lowest BCUT2D eigenvalue weighted by atomic mass is 9.98. The number of carboxylic acid groups (broad SMARTS) is 3. The third-order valence-corrected chi connectivity index (χ3v) is 24.3. The van der Waals surface area contributed by atoms with Crippen LogP contribution in [0.1, 0.15) is 82.4 Å². The summed E-state index contributed by atoms with van der Waals surface area (Å²) in [6.07, 6.45) is 2.80. The standard InChI is InChI=1S/C97H121N25O19/c98-81(124)52-122(103)95(141)80-23-12-34-121(80)94(140)78(45-59-24-30-65(31-25-59)86(132)64-15-2-1-3-16-64)115-91(137)76(48-68-50-107-71-20-9-8-19-70(68)71)113-88(134)73(22-11-33-106-97(101)102)111-92(138)77(49-69-51-104-58-108-69)114-93(139)79(57-123)116-90(136)75(47-61-27-29-63-14-5-7-18-67(63)44-61)112-87(133)72(21-10-32-105-96(99)100)110-89(135)74(46-60-26-28-62-13-4-6-17-66(62)43-60)109-82(125)53-117-35-37-118(54-83(126)127)39-41-120(56-85(130)131)42-40-119(38-36-117)55-84(128)129/h1-9,13-20,24-31,43-44,50-51,58,72-80,107,123H,10-12,21-23,32-42,45-49,52-57,103H2,(H2,98,124)(H,104,108)(H,109,125)(H,110,135)(H,111,138)(H,112,133)(H,113,134)(H,114,139)(H,115,137)(H,116,136)(H,126,127)(H,128,129)(H,130,131)(H4,99,100,105)(H4,101,102,106)/t72-,73+,74+,75?,76-,77-,78-,79-,80-/m0/s1. The number of H-pyrrole nitrogens is 2. The van der Waals surface area contributed by atoms with E-state index in [1.165, 1.54) is 17.4 Å². The lowest BCUT2D eigenvalue weighted by Crippen LogP contribution is -2.62. The number of hydrazine groups is 1. The summed E-state index contributed by atoms with van der Waals surface area (Å²) in [5.74, 6) is -8.92. The number of primary amides is 1. The molecular weight excluding hydrogens is 1820 g/mol. The van der Waals surface area contributed by atoms with Crippen LogP contribution in [0.5, 0.6) is 0 Å². The summed E-state index contributed by atoms with van der Waals surface area (Å²) in [5, 5.41) is 88.4. The SMILES string of the molecule is N=C(N)NCCC[C@H](NC(=O)[C@@H](Cc1ccc2ccccc2c1)NC(=O)CN1CCN(CC(=O)O)CCN(CC(=O)O)CCN(CC(=O)O)CC1)C(=O)NC(Cc1ccc2ccccc2c1)C(=O)N[C@@H](CO)C(=O)N[C@@H](Cc1cnc[nH]1)C(=O)N[C@H](CCCNC(=N)N)C(=O)N[C@@H](Cc1c[nH]c2ccccc12)C(=O)N[C@@H](Cc1ccc(C(=O)c2ccccc2)cc1)C(=O)N1CCC[C@H]1C(=O)N(N)CC(N)=O. The molecule has 9 aromatic rings. The number of aliphatic carboxylic acids is 3. The second-order valence-electron chi connectivity index (χ2n) is 34.8. The highest BCUT2D eigenvalue weighted by Gasteiger charge is 2.42. The summed E-state index contributed by atoms with van der Waals surface area (Å²) in [5.41, 5.74) is 20.4. The fourth-order valence-electron chi connectivity index (χ4n) is 17.0. The molecule has 9 atom stereocenters. The lowest BCUT2D eigenvalue weighted by molar-refractivity contribution is -0.146. The summed E-state index contributed by atoms with van der Waals surface area (Å²) < 4.78 is 0. The second-order valence-corrected chi connectivity index (χ2v) is 34.8. The number of nitrogens with zero attached hydrogens (tertiary/aromatic N) is 7. The maximum absolute atomic E-state index is 15.6. The third-order valence-electron chi connectivity index (χ3n) is 24.3. The molecule has 44 heteroatoms. The number of carboxylic acids is 3. The predicted molar refractivity (Wildman–Crippen MR) is 519 cm³/mol. The Morgan fingerprint density at radius 2 is 0.851 bits per heavy atom. The maximum Gasteiger partial charge on any atom is 0.317 e. The Bertz CT molecular complexity index is 5900. The van der Waals surface area contributed by atoms with Gasteiger partial charge in [-0.05, 0) is 88.4 Å². The van der Waals surface area contributed by atoms with Crippen LogP contribution in [0.4, 0.5) is 0 Å². The van der Waals surface area contributed by atoms with Crippen molar-refractivity contribution in [2.75, 3.05) is 111 Å². The Morgan fingerprint density at radius 3 is 1.33 bits per heavy atom. The first kappa shape index (κ1) is 106. The summed E-state index contributed by atoms with van der Waals surface area (Å²) in [6, 6.07) is 32.8. The lowest BCUT2D eigenvalue weighted by Gasteiger charge is -2.33. The predicted octanol–water partition coefficient (Wildman–Crippen LogP) is -2.01. The highest BCUT2D eigenvalue weighted by atomic mass is 16.4. The number of nitrogens with one attached hydrogen (secondary N) is 14. The Kier molecular flexibility index (Phi) is 39.2. The monoisotopic (exact) mass is 1940 g/mol. The number of likely N-dealkylation sites (tertiary alicyclic amines) is 1. The van der Waals surface area contributed by atoms with Gasteiger partial charge in [0.15, 0.2) is 17.7 Å². The van der Waals surface area contributed by atoms with Crippen molar-refractivity contribution in [3.05, 3.63) is 222 Å². The normalized spacial score (nSPS) is 15.7. The molecule has 748 valence electrons. The van der Waals surface area contributed by atoms with E-state index in [2.05, 4.69) is 68.1 Å². The van der Waals surface area contributed by atoms with E-state index in [0.717, 1.165) is 21.5 Å². The van der Waals surface area contributed by atoms with Crippen LogP contribution in [0, 0.1) is 10.8 Å². The molecule has 2 aliphatic heterocycles. The van der Waals surface area contributed by atoms with E-state index < -0.39 is 195 Å². The van der Waals surface area contributed by atoms with E-state index in [9.17, 15) is 54.0 Å². The fourth-order valence-corrected chi connectivity index (χ4v) is 17.0. The van der Waals surface area contributed by atoms with Crippen LogP contribution < -0.4 is 76.2 Å². The highest BCUT2D eigenvalue weighted by Crippen LogP contribution is 2.26. The van der Waals surface area contributed by atoms with Crippen molar-refractivity contribution in [2.45, 2.75) is 125 Å². The van der Waals surface area contributed by atoms with Crippen LogP contribution in [0.15, 0.2) is 183 Å². The number of aliphatic hydroxyl groups excluding tert-OH is 1. The largest absolute Gasteiger partial charge is 0.480 e. The molecule has 26 N–H and O–H groups in total. The molecule has 0 radical (unpaired) electrons. The maximum atomic E-state index is 15.6. The Morgan fingerprint density at radius 1 is 0.440 bits per heavy atom. The molecule has 141 heavy (non-hydrogen) atoms. The molecule has 2 saturated heterocycles. The first-order valence-corrected chi connectivity index (χ1v) is 46.2. The molecule has 11 rings (SSSR count). The number of benzene rings is 7. The number of guanidine groups is 2. The van der Waals surface area contributed by atoms with Crippen molar-refractivity contribution < 1.29 is 92.3 Å². The third kappa shape index (κ3) is 32.5. The van der Waals surface area contributed by atoms with Crippen molar-refractivity contribution in [1.29, 1.82) is 10.8 Å². The molecule has 0 aliphatic carbocycles. The van der Waals surface area contributed by atoms with Crippen LogP contribution >= 0.6 is 0 Å². The highest BCUT2D eigenvalue weighted by molar-refractivity contribution is 6.09. The van der Waals surface area contributed by atoms with Gasteiger partial charge in [-0.15, -0.1) is 0 Å². The van der Waals surface area contributed by atoms with Gasteiger partial charge in [-0.1, -0.05) is 158 Å². The molecule has 7 aromatic carbocycles. The van der Waals surface area contributed by atoms with Crippen LogP contribution in [0.2, 0.25) is 0 Å². The van der Waals surface area contributed by atoms with Crippen LogP contribution in [0.3, 0.4) is 0 Å². The molecule has 0 spiro atoms. The number of hydrogen-bond acceptors (Lipinski definition) is 24. The molecule has 2 aliphatic rings. The van der Waals surface area contributed by atoms with Crippen LogP contribution in [-0.4, -0.2) is 331 Å². The zero-order valence-corrected chi connectivity index (χ0v) is 77.7. The molecule has 44 nitrogen and oxygen atoms in total. The zero-order valence-electron chi connectivity index (χ0n) is 77.7. The summed E-state index contributed by atoms with van der Waals surface area (Å²) in [6.45, 7) is -2.96. The molecular formula is C97H121N25O19. The summed E-state index contributed by atoms with van der Waals surface area (Å²) in [7, 11) is 0. The minimum atomic E-state index is -1.95. The van der Waals surface area contributed by atoms with Gasteiger partial charge in [0.2, 0.25) is 59.1 Å². The molecule has 2 fully saturated rings. The van der Waals surface area contributed by atoms with Gasteiger partial charge in [0.1, 0.15) is 60.9 Å². The van der Waals surface area contributed by atoms with Crippen molar-refractivity contribution in [3.63, 3.8) is 0 Å². The zero-order chi connectivity index (χ0) is 101. The number of para-hydroxylation sites is 1. The minimum Gasteiger partial charge on any atom is -0.480 e. The number of carbonyl (C=O) groups excluding carboxylic acids is 12. The molecule has 11 amide bonds. The summed E-state index contributed by atoms with van der Waals surface area (Å²) in [4.78, 5) is 232. The number of rotatable bonds is 48. The van der Waals surface area contributed by atoms with E-state index in [1.54, 1.807) is 135 Å². The molecule has 4 heterocycles. The number of amides is 11. The quantitative estimate of drug-likeness (QED) is 0.00373. The second kappa shape index (κ2) is 52.2. The average Bonchev–Trinajstić information content (AvgIpc) is 1.66. The van der Waals surface area contributed by atoms with E-state index >= 15 is 38.4 Å². The molecule has 0 saturated carbocycles. The molecule has 1 unspecified atom stereocenters. The number of fused-ring (bicyclic) bond motifs is 3. The Labute approximate surface area is 810 Å². The van der Waals surface area contributed by atoms with Gasteiger partial charge in [-0.2, -0.15) is 0 Å². The van der Waals surface area contributed by atoms with Gasteiger partial charge in [-0.3, -0.25) is 107 Å². The van der Waals surface area contributed by atoms with E-state index in [1.807, 2.05) is 54.6 Å². The van der Waals surface area contributed by atoms with Gasteiger partial charge in [-0.25, -0.2) is 10.8 Å². The van der Waals surface area contributed by atoms with Gasteiger partial charge in [0.05, 0.1) is 39.1 Å². The van der Waals surface area contributed by atoms with Gasteiger partial charge < -0.3 is 106 Å². The molecule has 2 aromatic heterocycles. The minimum absolute atomic E-state index is 0.00290. The van der Waals surface area contributed by atoms with Crippen LogP contribution in [0.25, 0.3) is 32.4 Å². The number of aliphatic hydroxyl groups is 1. The summed E-state index contributed by atoms with van der Waals surface area (Å²) >= 11 is 0. The number of nitrogens with two attached hydrogens (primary N) is 4. The van der Waals surface area contributed by atoms with Gasteiger partial charge in [0.25, 0.3) is 5.91 Å². The smallest absolute Gasteiger partial charge is 0.317 e. The van der Waals surface area contributed by atoms with Gasteiger partial charge in [0, 0.05) is 144 Å². The number of hydrogen-bond donors (Lipinski definition) is 22. The Balaban J connectivity index is 0.861. The number of aromatic amines is 2. The molecule has 0 bridgehead atoms. The van der Waals surface area contributed by atoms with Crippen molar-refractivity contribution in [3.8, 4) is 0 Å². The number of aromatic nitrogens is 3. The first-order chi connectivity index (χ1) is 67.7. The first-order valence-electron chi connectivity index (χ1n) is 46.2. The van der Waals surface area contributed by atoms with Crippen molar-refractivity contribution in [1.82, 2.24) is 97.6 Å². The van der Waals surface area contributed by atoms with Crippen LogP contribution in [-0.2, 0) is 99.2 Å². The van der Waals surface area contributed by atoms with Crippen molar-refractivity contribution >= 4 is 133 Å². The van der Waals surface area contributed by atoms with E-state index in [-0.39, 0.29) is 141 Å². The number of imidazole rings is 1. The topological polar surface area (TPSA) is 673 Å². The average molecular weight is 1940 g/mol. The van der Waals surface area contributed by atoms with E-state index in [0.29, 0.717) is 55.7 Å². The Hall–Kier alpha value is -15.6. The number of ketones is 1. The fraction of sp³-hybridized carbons (Fsp3) is 0.381. The van der Waals surface area contributed by atoms with Crippen molar-refractivity contribution in [2.24, 2.45) is 23.0 Å².